The zero-order valence-electron chi connectivity index (χ0n) is 19.6. The van der Waals surface area contributed by atoms with E-state index in [1.165, 1.54) is 0 Å². The van der Waals surface area contributed by atoms with Crippen LogP contribution < -0.4 is 10.1 Å². The Hall–Kier alpha value is -3.58. The van der Waals surface area contributed by atoms with Crippen LogP contribution in [-0.2, 0) is 6.42 Å². The lowest BCUT2D eigenvalue weighted by molar-refractivity contribution is 0.0990. The highest BCUT2D eigenvalue weighted by Crippen LogP contribution is 2.23. The Morgan fingerprint density at radius 3 is 2.79 bits per heavy atom. The largest absolute Gasteiger partial charge is 0.490 e. The maximum atomic E-state index is 13.0. The summed E-state index contributed by atoms with van der Waals surface area (Å²) in [5, 5.41) is 8.69. The number of aromatic nitrogens is 4. The fraction of sp³-hybridized carbons (Fsp3) is 0.333. The van der Waals surface area contributed by atoms with Crippen molar-refractivity contribution in [1.29, 1.82) is 0 Å². The Balaban J connectivity index is 1.33. The van der Waals surface area contributed by atoms with E-state index in [9.17, 15) is 4.79 Å². The number of nitrogens with zero attached hydrogens (tertiary/aromatic N) is 4. The number of benzene rings is 1. The Morgan fingerprint density at radius 1 is 1.15 bits per heavy atom. The molecule has 7 nitrogen and oxygen atoms in total. The molecule has 0 amide bonds. The summed E-state index contributed by atoms with van der Waals surface area (Å²) < 4.78 is 8.02. The van der Waals surface area contributed by atoms with Crippen molar-refractivity contribution in [3.63, 3.8) is 0 Å². The Labute approximate surface area is 199 Å². The van der Waals surface area contributed by atoms with Crippen molar-refractivity contribution in [2.45, 2.75) is 45.3 Å². The average Bonchev–Trinajstić information content (AvgIpc) is 3.35. The smallest absolute Gasteiger partial charge is 0.168 e. The molecule has 34 heavy (non-hydrogen) atoms. The zero-order valence-corrected chi connectivity index (χ0v) is 19.6. The highest BCUT2D eigenvalue weighted by Gasteiger charge is 2.16. The monoisotopic (exact) mass is 455 g/mol. The molecule has 4 aromatic rings. The predicted octanol–water partition coefficient (Wildman–Crippen LogP) is 4.63. The van der Waals surface area contributed by atoms with Crippen LogP contribution in [-0.4, -0.2) is 44.7 Å². The second kappa shape index (κ2) is 9.73. The van der Waals surface area contributed by atoms with Crippen molar-refractivity contribution in [2.75, 3.05) is 13.1 Å². The van der Waals surface area contributed by atoms with Gasteiger partial charge in [0, 0.05) is 34.9 Å². The fourth-order valence-corrected chi connectivity index (χ4v) is 4.18. The van der Waals surface area contributed by atoms with Gasteiger partial charge in [-0.3, -0.25) is 14.5 Å². The molecule has 1 aliphatic heterocycles. The second-order valence-electron chi connectivity index (χ2n) is 9.06. The molecule has 0 radical (unpaired) electrons. The first-order chi connectivity index (χ1) is 16.5. The first-order valence-electron chi connectivity index (χ1n) is 11.9. The topological polar surface area (TPSA) is 81.9 Å². The number of rotatable bonds is 7. The van der Waals surface area contributed by atoms with Crippen molar-refractivity contribution in [3.8, 4) is 17.0 Å². The Morgan fingerprint density at radius 2 is 2.00 bits per heavy atom. The van der Waals surface area contributed by atoms with Crippen LogP contribution in [0.4, 0.5) is 0 Å². The summed E-state index contributed by atoms with van der Waals surface area (Å²) in [5.74, 6) is 0.759. The van der Waals surface area contributed by atoms with Gasteiger partial charge in [-0.15, -0.1) is 0 Å². The number of pyridine rings is 2. The molecule has 7 heteroatoms. The van der Waals surface area contributed by atoms with E-state index in [0.29, 0.717) is 17.3 Å². The number of carbonyl (C=O) groups excluding carboxylic acids is 1. The van der Waals surface area contributed by atoms with Gasteiger partial charge in [0.2, 0.25) is 0 Å². The molecule has 0 aliphatic carbocycles. The molecule has 1 aromatic carbocycles. The number of ether oxygens (including phenoxy) is 1. The van der Waals surface area contributed by atoms with Crippen molar-refractivity contribution >= 4 is 16.7 Å². The first-order valence-corrected chi connectivity index (χ1v) is 11.9. The zero-order chi connectivity index (χ0) is 23.5. The van der Waals surface area contributed by atoms with Crippen LogP contribution in [0, 0.1) is 0 Å². The molecular formula is C27H29N5O2. The number of hydrogen-bond donors (Lipinski definition) is 1. The lowest BCUT2D eigenvalue weighted by Crippen LogP contribution is -2.34. The number of nitrogens with one attached hydrogen (secondary N) is 1. The quantitative estimate of drug-likeness (QED) is 0.409. The van der Waals surface area contributed by atoms with E-state index < -0.39 is 0 Å². The molecular weight excluding hydrogens is 426 g/mol. The molecule has 0 saturated carbocycles. The third-order valence-electron chi connectivity index (χ3n) is 6.14. The molecule has 0 spiro atoms. The van der Waals surface area contributed by atoms with E-state index in [1.807, 2.05) is 59.5 Å². The van der Waals surface area contributed by atoms with E-state index in [0.717, 1.165) is 53.8 Å². The Bertz CT molecular complexity index is 1310. The summed E-state index contributed by atoms with van der Waals surface area (Å²) >= 11 is 0. The van der Waals surface area contributed by atoms with Crippen molar-refractivity contribution in [3.05, 3.63) is 72.3 Å². The summed E-state index contributed by atoms with van der Waals surface area (Å²) in [6, 6.07) is 13.6. The van der Waals surface area contributed by atoms with Crippen molar-refractivity contribution in [1.82, 2.24) is 25.1 Å². The average molecular weight is 456 g/mol. The SMILES string of the molecule is CC(C)n1cc(-c2ccc3cnc(CC(=O)c4cccc(OC5CCNCC5)c4)cc3n2)cn1. The lowest BCUT2D eigenvalue weighted by Gasteiger charge is -2.24. The van der Waals surface area contributed by atoms with E-state index in [2.05, 4.69) is 29.2 Å². The molecule has 4 heterocycles. The van der Waals surface area contributed by atoms with Crippen LogP contribution in [0.2, 0.25) is 0 Å². The first kappa shape index (κ1) is 22.2. The van der Waals surface area contributed by atoms with Gasteiger partial charge in [0.25, 0.3) is 0 Å². The normalized spacial score (nSPS) is 14.6. The molecule has 1 aliphatic rings. The van der Waals surface area contributed by atoms with Gasteiger partial charge in [-0.2, -0.15) is 5.10 Å². The van der Waals surface area contributed by atoms with Gasteiger partial charge in [-0.25, -0.2) is 4.98 Å². The lowest BCUT2D eigenvalue weighted by atomic mass is 10.0. The summed E-state index contributed by atoms with van der Waals surface area (Å²) in [6.45, 7) is 6.11. The number of ketones is 1. The van der Waals surface area contributed by atoms with Crippen LogP contribution in [0.15, 0.2) is 61.1 Å². The van der Waals surface area contributed by atoms with Gasteiger partial charge >= 0.3 is 0 Å². The van der Waals surface area contributed by atoms with Crippen LogP contribution in [0.1, 0.15) is 48.8 Å². The molecule has 0 unspecified atom stereocenters. The van der Waals surface area contributed by atoms with Crippen molar-refractivity contribution < 1.29 is 9.53 Å². The van der Waals surface area contributed by atoms with Crippen LogP contribution >= 0.6 is 0 Å². The summed E-state index contributed by atoms with van der Waals surface area (Å²) in [6.07, 6.45) is 7.98. The number of fused-ring (bicyclic) bond motifs is 1. The highest BCUT2D eigenvalue weighted by atomic mass is 16.5. The highest BCUT2D eigenvalue weighted by molar-refractivity contribution is 5.98. The summed E-state index contributed by atoms with van der Waals surface area (Å²) in [5.41, 5.74) is 3.97. The van der Waals surface area contributed by atoms with Gasteiger partial charge in [0.1, 0.15) is 11.9 Å². The Kier molecular flexibility index (Phi) is 6.36. The van der Waals surface area contributed by atoms with E-state index >= 15 is 0 Å². The number of Topliss-reactive ketones (excluding diaryl/α,β-unsaturated/α-hetero) is 1. The maximum absolute atomic E-state index is 13.0. The number of piperidine rings is 1. The third-order valence-corrected chi connectivity index (χ3v) is 6.14. The van der Waals surface area contributed by atoms with Crippen molar-refractivity contribution in [2.24, 2.45) is 0 Å². The molecule has 1 N–H and O–H groups in total. The minimum absolute atomic E-state index is 0.0111. The van der Waals surface area contributed by atoms with Crippen LogP contribution in [0.3, 0.4) is 0 Å². The van der Waals surface area contributed by atoms with Crippen LogP contribution in [0.25, 0.3) is 22.2 Å². The third kappa shape index (κ3) is 4.99. The summed E-state index contributed by atoms with van der Waals surface area (Å²) in [7, 11) is 0. The number of hydrogen-bond acceptors (Lipinski definition) is 6. The molecule has 3 aromatic heterocycles. The van der Waals surface area contributed by atoms with E-state index in [-0.39, 0.29) is 18.3 Å². The van der Waals surface area contributed by atoms with Crippen LogP contribution in [0.5, 0.6) is 5.75 Å². The van der Waals surface area contributed by atoms with E-state index in [4.69, 9.17) is 9.72 Å². The molecule has 1 fully saturated rings. The second-order valence-corrected chi connectivity index (χ2v) is 9.06. The van der Waals surface area contributed by atoms with Gasteiger partial charge in [0.15, 0.2) is 5.78 Å². The summed E-state index contributed by atoms with van der Waals surface area (Å²) in [4.78, 5) is 22.3. The molecule has 174 valence electrons. The number of carbonyl (C=O) groups is 1. The molecule has 1 saturated heterocycles. The standard InChI is InChI=1S/C27H29N5O2/c1-18(2)32-17-21(16-30-32)25-7-6-20-15-29-22(13-26(20)31-25)14-27(33)19-4-3-5-24(12-19)34-23-8-10-28-11-9-23/h3-7,12-13,15-18,23,28H,8-11,14H2,1-2H3. The van der Waals surface area contributed by atoms with E-state index in [1.54, 1.807) is 6.20 Å². The molecule has 5 rings (SSSR count). The van der Waals surface area contributed by atoms with Gasteiger partial charge < -0.3 is 10.1 Å². The van der Waals surface area contributed by atoms with Gasteiger partial charge in [0.05, 0.1) is 29.5 Å². The minimum Gasteiger partial charge on any atom is -0.490 e. The molecule has 0 bridgehead atoms. The maximum Gasteiger partial charge on any atom is 0.168 e. The van der Waals surface area contributed by atoms with Gasteiger partial charge in [-0.05, 0) is 70.1 Å². The molecule has 0 atom stereocenters. The minimum atomic E-state index is 0.0111. The predicted molar refractivity (Wildman–Crippen MR) is 132 cm³/mol. The fourth-order valence-electron chi connectivity index (χ4n) is 4.18. The van der Waals surface area contributed by atoms with Gasteiger partial charge in [-0.1, -0.05) is 12.1 Å².